The molecule has 2 heteroatoms. The van der Waals surface area contributed by atoms with E-state index < -0.39 is 0 Å². The minimum atomic E-state index is 0.680. The molecule has 0 spiro atoms. The number of rotatable bonds is 2. The molecule has 0 radical (unpaired) electrons. The topological polar surface area (TPSA) is 15.8 Å². The molecule has 1 nitrogen and oxygen atoms in total. The Kier molecular flexibility index (Phi) is 3.71. The zero-order valence-electron chi connectivity index (χ0n) is 12.9. The summed E-state index contributed by atoms with van der Waals surface area (Å²) in [5, 5.41) is 1.43. The highest BCUT2D eigenvalue weighted by Crippen LogP contribution is 2.38. The number of benzene rings is 2. The van der Waals surface area contributed by atoms with Crippen molar-refractivity contribution in [3.05, 3.63) is 59.8 Å². The predicted molar refractivity (Wildman–Crippen MR) is 94.8 cm³/mol. The summed E-state index contributed by atoms with van der Waals surface area (Å²) in [6.45, 7) is 2.38. The fourth-order valence-electron chi connectivity index (χ4n) is 3.60. The number of aromatic amines is 1. The van der Waals surface area contributed by atoms with E-state index in [4.69, 9.17) is 0 Å². The largest absolute Gasteiger partial charge is 0.358 e. The molecule has 1 unspecified atom stereocenters. The number of aryl methyl sites for hydroxylation is 1. The van der Waals surface area contributed by atoms with Crippen LogP contribution in [-0.4, -0.2) is 4.98 Å². The molecule has 2 aromatic carbocycles. The van der Waals surface area contributed by atoms with Crippen LogP contribution in [0.1, 0.15) is 43.4 Å². The van der Waals surface area contributed by atoms with Gasteiger partial charge in [-0.2, -0.15) is 0 Å². The van der Waals surface area contributed by atoms with Gasteiger partial charge < -0.3 is 4.98 Å². The Balaban J connectivity index is 1.73. The van der Waals surface area contributed by atoms with Gasteiger partial charge in [-0.05, 0) is 55.0 Å². The fourth-order valence-corrected chi connectivity index (χ4v) is 4.48. The van der Waals surface area contributed by atoms with Crippen molar-refractivity contribution in [2.75, 3.05) is 0 Å². The highest BCUT2D eigenvalue weighted by Gasteiger charge is 2.20. The van der Waals surface area contributed by atoms with E-state index in [1.807, 2.05) is 11.8 Å². The van der Waals surface area contributed by atoms with E-state index in [0.29, 0.717) is 5.92 Å². The summed E-state index contributed by atoms with van der Waals surface area (Å²) >= 11 is 1.83. The first kappa shape index (κ1) is 14.0. The molecule has 3 aromatic rings. The van der Waals surface area contributed by atoms with E-state index in [9.17, 15) is 0 Å². The maximum atomic E-state index is 3.70. The molecule has 1 aliphatic carbocycles. The van der Waals surface area contributed by atoms with Gasteiger partial charge in [-0.1, -0.05) is 49.4 Å². The van der Waals surface area contributed by atoms with E-state index in [1.165, 1.54) is 52.1 Å². The third-order valence-corrected chi connectivity index (χ3v) is 5.68. The normalized spacial score (nSPS) is 18.1. The summed E-state index contributed by atoms with van der Waals surface area (Å²) in [7, 11) is 0. The molecular formula is C20H21NS. The third kappa shape index (κ3) is 2.56. The average Bonchev–Trinajstić information content (AvgIpc) is 2.80. The molecule has 0 aliphatic heterocycles. The van der Waals surface area contributed by atoms with E-state index in [-0.39, 0.29) is 0 Å². The van der Waals surface area contributed by atoms with Gasteiger partial charge in [0.2, 0.25) is 0 Å². The van der Waals surface area contributed by atoms with E-state index >= 15 is 0 Å². The van der Waals surface area contributed by atoms with Gasteiger partial charge in [0.25, 0.3) is 0 Å². The van der Waals surface area contributed by atoms with Crippen molar-refractivity contribution in [2.24, 2.45) is 0 Å². The van der Waals surface area contributed by atoms with Gasteiger partial charge >= 0.3 is 0 Å². The van der Waals surface area contributed by atoms with Gasteiger partial charge in [-0.3, -0.25) is 0 Å². The maximum Gasteiger partial charge on any atom is 0.0470 e. The number of hydrogen-bond acceptors (Lipinski definition) is 1. The van der Waals surface area contributed by atoms with Crippen LogP contribution in [0, 0.1) is 0 Å². The van der Waals surface area contributed by atoms with Crippen molar-refractivity contribution in [1.82, 2.24) is 4.98 Å². The van der Waals surface area contributed by atoms with Crippen molar-refractivity contribution in [1.29, 1.82) is 0 Å². The predicted octanol–water partition coefficient (Wildman–Crippen LogP) is 6.15. The molecule has 4 rings (SSSR count). The van der Waals surface area contributed by atoms with Crippen molar-refractivity contribution >= 4 is 22.7 Å². The van der Waals surface area contributed by atoms with Gasteiger partial charge in [0.1, 0.15) is 0 Å². The van der Waals surface area contributed by atoms with Crippen LogP contribution in [-0.2, 0) is 6.42 Å². The number of H-pyrrole nitrogens is 1. The van der Waals surface area contributed by atoms with Crippen LogP contribution < -0.4 is 0 Å². The fraction of sp³-hybridized carbons (Fsp3) is 0.300. The van der Waals surface area contributed by atoms with Gasteiger partial charge in [-0.15, -0.1) is 0 Å². The first-order valence-corrected chi connectivity index (χ1v) is 9.00. The van der Waals surface area contributed by atoms with Crippen LogP contribution in [0.15, 0.2) is 58.3 Å². The lowest BCUT2D eigenvalue weighted by molar-refractivity contribution is 0.636. The molecule has 0 fully saturated rings. The highest BCUT2D eigenvalue weighted by atomic mass is 32.2. The first-order valence-electron chi connectivity index (χ1n) is 8.18. The zero-order chi connectivity index (χ0) is 14.9. The third-order valence-electron chi connectivity index (χ3n) is 4.68. The summed E-state index contributed by atoms with van der Waals surface area (Å²) in [5.41, 5.74) is 4.35. The molecule has 1 heterocycles. The Morgan fingerprint density at radius 2 is 1.86 bits per heavy atom. The van der Waals surface area contributed by atoms with Crippen LogP contribution in [0.5, 0.6) is 0 Å². The summed E-state index contributed by atoms with van der Waals surface area (Å²) in [6, 6.07) is 17.5. The molecule has 0 saturated heterocycles. The number of hydrogen-bond donors (Lipinski definition) is 1. The van der Waals surface area contributed by atoms with Crippen molar-refractivity contribution in [2.45, 2.75) is 48.3 Å². The second-order valence-corrected chi connectivity index (χ2v) is 7.43. The molecule has 1 aromatic heterocycles. The second-order valence-electron chi connectivity index (χ2n) is 6.29. The minimum Gasteiger partial charge on any atom is -0.358 e. The molecule has 1 aliphatic rings. The Morgan fingerprint density at radius 3 is 2.73 bits per heavy atom. The van der Waals surface area contributed by atoms with Crippen LogP contribution >= 0.6 is 11.8 Å². The Bertz CT molecular complexity index is 788. The minimum absolute atomic E-state index is 0.680. The van der Waals surface area contributed by atoms with E-state index in [1.54, 1.807) is 5.56 Å². The zero-order valence-corrected chi connectivity index (χ0v) is 13.7. The number of nitrogens with one attached hydrogen (secondary N) is 1. The molecule has 0 bridgehead atoms. The van der Waals surface area contributed by atoms with Crippen LogP contribution in [0.2, 0.25) is 0 Å². The van der Waals surface area contributed by atoms with Crippen molar-refractivity contribution in [3.63, 3.8) is 0 Å². The monoisotopic (exact) mass is 307 g/mol. The van der Waals surface area contributed by atoms with Gasteiger partial charge in [0.15, 0.2) is 0 Å². The summed E-state index contributed by atoms with van der Waals surface area (Å²) in [4.78, 5) is 6.30. The molecule has 1 N–H and O–H groups in total. The van der Waals surface area contributed by atoms with Crippen LogP contribution in [0.25, 0.3) is 10.9 Å². The van der Waals surface area contributed by atoms with Gasteiger partial charge in [-0.25, -0.2) is 0 Å². The second kappa shape index (κ2) is 5.85. The number of aromatic nitrogens is 1. The SMILES string of the molecule is CC1CCCCc2[nH]c3cc(Sc4ccccc4)ccc3c21. The molecule has 22 heavy (non-hydrogen) atoms. The Hall–Kier alpha value is -1.67. The maximum absolute atomic E-state index is 3.70. The molecule has 1 atom stereocenters. The lowest BCUT2D eigenvalue weighted by Crippen LogP contribution is -1.92. The highest BCUT2D eigenvalue weighted by molar-refractivity contribution is 7.99. The van der Waals surface area contributed by atoms with Crippen LogP contribution in [0.3, 0.4) is 0 Å². The summed E-state index contributed by atoms with van der Waals surface area (Å²) in [6.07, 6.45) is 5.19. The lowest BCUT2D eigenvalue weighted by Gasteiger charge is -2.09. The van der Waals surface area contributed by atoms with Crippen molar-refractivity contribution in [3.8, 4) is 0 Å². The molecule has 0 amide bonds. The summed E-state index contributed by atoms with van der Waals surface area (Å²) < 4.78 is 0. The van der Waals surface area contributed by atoms with Gasteiger partial charge in [0.05, 0.1) is 0 Å². The lowest BCUT2D eigenvalue weighted by atomic mass is 9.96. The quantitative estimate of drug-likeness (QED) is 0.561. The van der Waals surface area contributed by atoms with E-state index in [2.05, 4.69) is 60.4 Å². The molecular weight excluding hydrogens is 286 g/mol. The summed E-state index contributed by atoms with van der Waals surface area (Å²) in [5.74, 6) is 0.680. The van der Waals surface area contributed by atoms with E-state index in [0.717, 1.165) is 0 Å². The van der Waals surface area contributed by atoms with Gasteiger partial charge in [0, 0.05) is 26.4 Å². The molecule has 112 valence electrons. The standard InChI is InChI=1S/C20H21NS/c1-14-7-5-6-10-18-20(14)17-12-11-16(13-19(17)21-18)22-15-8-3-2-4-9-15/h2-4,8-9,11-14,21H,5-7,10H2,1H3. The first-order chi connectivity index (χ1) is 10.8. The average molecular weight is 307 g/mol. The van der Waals surface area contributed by atoms with Crippen LogP contribution in [0.4, 0.5) is 0 Å². The Labute approximate surface area is 136 Å². The molecule has 0 saturated carbocycles. The Morgan fingerprint density at radius 1 is 1.00 bits per heavy atom. The van der Waals surface area contributed by atoms with Crippen molar-refractivity contribution < 1.29 is 0 Å². The smallest absolute Gasteiger partial charge is 0.0470 e. The number of fused-ring (bicyclic) bond motifs is 3.